The number of imidazole rings is 1. The van der Waals surface area contributed by atoms with Gasteiger partial charge in [-0.25, -0.2) is 4.98 Å². The van der Waals surface area contributed by atoms with Crippen molar-refractivity contribution < 1.29 is 0 Å². The van der Waals surface area contributed by atoms with Gasteiger partial charge in [0, 0.05) is 12.3 Å². The van der Waals surface area contributed by atoms with Crippen molar-refractivity contribution >= 4 is 23.2 Å². The first-order chi connectivity index (χ1) is 6.22. The van der Waals surface area contributed by atoms with E-state index < -0.39 is 0 Å². The number of H-pyrrole nitrogens is 1. The van der Waals surface area contributed by atoms with Crippen LogP contribution in [0, 0.1) is 0 Å². The van der Waals surface area contributed by atoms with Gasteiger partial charge in [-0.3, -0.25) is 9.36 Å². The summed E-state index contributed by atoms with van der Waals surface area (Å²) in [5, 5.41) is 0. The van der Waals surface area contributed by atoms with E-state index in [1.54, 1.807) is 10.8 Å². The van der Waals surface area contributed by atoms with Crippen molar-refractivity contribution in [3.8, 4) is 0 Å². The van der Waals surface area contributed by atoms with Gasteiger partial charge in [0.2, 0.25) is 5.43 Å². The third-order valence-electron chi connectivity index (χ3n) is 1.77. The van der Waals surface area contributed by atoms with Gasteiger partial charge < -0.3 is 10.7 Å². The van der Waals surface area contributed by atoms with Crippen LogP contribution < -0.4 is 11.2 Å². The maximum Gasteiger partial charge on any atom is 0.211 e. The Hall–Kier alpha value is -2.04. The Kier molecular flexibility index (Phi) is 1.45. The zero-order valence-electron chi connectivity index (χ0n) is 6.82. The topological polar surface area (TPSA) is 76.7 Å². The van der Waals surface area contributed by atoms with Gasteiger partial charge in [-0.1, -0.05) is 6.58 Å². The van der Waals surface area contributed by atoms with Gasteiger partial charge in [0.15, 0.2) is 5.52 Å². The summed E-state index contributed by atoms with van der Waals surface area (Å²) >= 11 is 0. The molecule has 0 aliphatic rings. The monoisotopic (exact) mass is 176 g/mol. The number of rotatable bonds is 1. The lowest BCUT2D eigenvalue weighted by atomic mass is 10.4. The third-order valence-corrected chi connectivity index (χ3v) is 1.77. The molecule has 2 rings (SSSR count). The zero-order valence-corrected chi connectivity index (χ0v) is 6.82. The molecule has 0 spiro atoms. The molecular formula is C8H8N4O. The number of nitrogens with two attached hydrogens (primary N) is 1. The van der Waals surface area contributed by atoms with E-state index in [1.807, 2.05) is 0 Å². The molecule has 0 saturated carbocycles. The molecule has 0 fully saturated rings. The van der Waals surface area contributed by atoms with Crippen LogP contribution in [0.15, 0.2) is 23.8 Å². The van der Waals surface area contributed by atoms with Crippen LogP contribution in [0.4, 0.5) is 5.82 Å². The number of fused-ring (bicyclic) bond motifs is 1. The highest BCUT2D eigenvalue weighted by molar-refractivity contribution is 5.74. The van der Waals surface area contributed by atoms with E-state index in [0.717, 1.165) is 0 Å². The molecule has 0 atom stereocenters. The van der Waals surface area contributed by atoms with Crippen molar-refractivity contribution in [3.05, 3.63) is 29.2 Å². The van der Waals surface area contributed by atoms with Crippen LogP contribution in [0.3, 0.4) is 0 Å². The molecule has 0 bridgehead atoms. The molecule has 3 N–H and O–H groups in total. The summed E-state index contributed by atoms with van der Waals surface area (Å²) in [7, 11) is 0. The molecule has 0 saturated heterocycles. The maximum atomic E-state index is 11.3. The average Bonchev–Trinajstić information content (AvgIpc) is 2.47. The minimum absolute atomic E-state index is 0.188. The Labute approximate surface area is 73.5 Å². The first kappa shape index (κ1) is 7.60. The number of aromatic amines is 1. The maximum absolute atomic E-state index is 11.3. The minimum atomic E-state index is -0.188. The Morgan fingerprint density at radius 2 is 2.46 bits per heavy atom. The molecule has 0 amide bonds. The highest BCUT2D eigenvalue weighted by Crippen LogP contribution is 2.07. The van der Waals surface area contributed by atoms with Gasteiger partial charge in [-0.2, -0.15) is 0 Å². The first-order valence-corrected chi connectivity index (χ1v) is 3.70. The summed E-state index contributed by atoms with van der Waals surface area (Å²) in [5.74, 6) is 0.320. The van der Waals surface area contributed by atoms with Crippen LogP contribution in [0.1, 0.15) is 0 Å². The van der Waals surface area contributed by atoms with Crippen molar-refractivity contribution in [1.29, 1.82) is 0 Å². The third kappa shape index (κ3) is 1.01. The van der Waals surface area contributed by atoms with Crippen molar-refractivity contribution in [2.75, 3.05) is 5.73 Å². The highest BCUT2D eigenvalue weighted by atomic mass is 16.1. The van der Waals surface area contributed by atoms with E-state index in [4.69, 9.17) is 5.73 Å². The number of nitrogens with zero attached hydrogens (tertiary/aromatic N) is 2. The second kappa shape index (κ2) is 2.48. The fraction of sp³-hybridized carbons (Fsp3) is 0. The molecule has 0 aromatic carbocycles. The van der Waals surface area contributed by atoms with Gasteiger partial charge in [0.25, 0.3) is 0 Å². The molecule has 2 aromatic heterocycles. The number of anilines is 1. The Balaban J connectivity index is 2.98. The van der Waals surface area contributed by atoms with Crippen LogP contribution in [0.5, 0.6) is 0 Å². The second-order valence-corrected chi connectivity index (χ2v) is 2.62. The molecule has 0 aliphatic carbocycles. The smallest absolute Gasteiger partial charge is 0.211 e. The lowest BCUT2D eigenvalue weighted by molar-refractivity contribution is 1.15. The molecule has 0 unspecified atom stereocenters. The number of hydrogen-bond donors (Lipinski definition) is 2. The van der Waals surface area contributed by atoms with Crippen molar-refractivity contribution in [1.82, 2.24) is 14.5 Å². The first-order valence-electron chi connectivity index (χ1n) is 3.70. The number of hydrogen-bond acceptors (Lipinski definition) is 3. The normalized spacial score (nSPS) is 10.5. The van der Waals surface area contributed by atoms with Gasteiger partial charge in [0.05, 0.1) is 0 Å². The molecule has 0 aliphatic heterocycles. The highest BCUT2D eigenvalue weighted by Gasteiger charge is 2.04. The van der Waals surface area contributed by atoms with Gasteiger partial charge in [-0.05, 0) is 0 Å². The summed E-state index contributed by atoms with van der Waals surface area (Å²) in [5.41, 5.74) is 6.23. The number of nitrogen functional groups attached to an aromatic ring is 1. The van der Waals surface area contributed by atoms with Crippen LogP contribution in [-0.2, 0) is 0 Å². The number of nitrogens with one attached hydrogen (secondary N) is 1. The Morgan fingerprint density at radius 1 is 1.69 bits per heavy atom. The van der Waals surface area contributed by atoms with Crippen LogP contribution in [0.2, 0.25) is 0 Å². The van der Waals surface area contributed by atoms with E-state index in [2.05, 4.69) is 16.5 Å². The predicted molar refractivity (Wildman–Crippen MR) is 51.2 cm³/mol. The molecule has 5 nitrogen and oxygen atoms in total. The van der Waals surface area contributed by atoms with Gasteiger partial charge in [0.1, 0.15) is 17.8 Å². The molecule has 5 heteroatoms. The lowest BCUT2D eigenvalue weighted by Crippen LogP contribution is -2.05. The summed E-state index contributed by atoms with van der Waals surface area (Å²) in [6, 6.07) is 1.31. The molecule has 13 heavy (non-hydrogen) atoms. The Bertz CT molecular complexity index is 522. The van der Waals surface area contributed by atoms with Crippen molar-refractivity contribution in [2.24, 2.45) is 0 Å². The molecule has 2 heterocycles. The van der Waals surface area contributed by atoms with Crippen molar-refractivity contribution in [2.45, 2.75) is 0 Å². The predicted octanol–water partition coefficient (Wildman–Crippen LogP) is 0.407. The molecule has 0 radical (unpaired) electrons. The summed E-state index contributed by atoms with van der Waals surface area (Å²) < 4.78 is 1.60. The second-order valence-electron chi connectivity index (χ2n) is 2.62. The Morgan fingerprint density at radius 3 is 3.15 bits per heavy atom. The fourth-order valence-corrected chi connectivity index (χ4v) is 1.19. The number of aromatic nitrogens is 3. The molecular weight excluding hydrogens is 168 g/mol. The summed E-state index contributed by atoms with van der Waals surface area (Å²) in [6.45, 7) is 3.57. The molecule has 2 aromatic rings. The van der Waals surface area contributed by atoms with Crippen LogP contribution >= 0.6 is 0 Å². The van der Waals surface area contributed by atoms with E-state index >= 15 is 0 Å². The van der Waals surface area contributed by atoms with E-state index in [1.165, 1.54) is 12.4 Å². The average molecular weight is 176 g/mol. The molecule has 66 valence electrons. The van der Waals surface area contributed by atoms with Gasteiger partial charge in [-0.15, -0.1) is 0 Å². The van der Waals surface area contributed by atoms with E-state index in [0.29, 0.717) is 17.0 Å². The summed E-state index contributed by atoms with van der Waals surface area (Å²) in [6.07, 6.45) is 3.06. The quantitative estimate of drug-likeness (QED) is 0.660. The van der Waals surface area contributed by atoms with E-state index in [-0.39, 0.29) is 5.43 Å². The van der Waals surface area contributed by atoms with Crippen molar-refractivity contribution in [3.63, 3.8) is 0 Å². The summed E-state index contributed by atoms with van der Waals surface area (Å²) in [4.78, 5) is 18.1. The lowest BCUT2D eigenvalue weighted by Gasteiger charge is -1.96. The largest absolute Gasteiger partial charge is 0.385 e. The fourth-order valence-electron chi connectivity index (χ4n) is 1.19. The zero-order chi connectivity index (χ0) is 9.42. The standard InChI is InChI=1S/C8H8N4O/c1-2-12-4-10-7-5(13)3-6(9)11-8(7)12/h2-4H,1H2,(H3,9,11,13). The SMILES string of the molecule is C=Cn1cnc2c(=O)cc(N)[nH]c21. The minimum Gasteiger partial charge on any atom is -0.385 e. The van der Waals surface area contributed by atoms with Crippen LogP contribution in [0.25, 0.3) is 17.4 Å². The van der Waals surface area contributed by atoms with E-state index in [9.17, 15) is 4.79 Å². The van der Waals surface area contributed by atoms with Crippen LogP contribution in [-0.4, -0.2) is 14.5 Å². The van der Waals surface area contributed by atoms with Gasteiger partial charge >= 0.3 is 0 Å². The number of pyridine rings is 1.